The van der Waals surface area contributed by atoms with Crippen molar-refractivity contribution < 1.29 is 14.8 Å². The zero-order valence-corrected chi connectivity index (χ0v) is 18.2. The average molecular weight is 421 g/mol. The molecule has 0 saturated heterocycles. The van der Waals surface area contributed by atoms with Crippen LogP contribution in [0.4, 0.5) is 0 Å². The number of benzene rings is 1. The maximum atomic E-state index is 12.1. The minimum atomic E-state index is -0.696. The highest BCUT2D eigenvalue weighted by Crippen LogP contribution is 2.14. The van der Waals surface area contributed by atoms with Gasteiger partial charge < -0.3 is 16.8 Å². The second-order valence-corrected chi connectivity index (χ2v) is 7.83. The largest absolute Gasteiger partial charge is 0.344 e. The molecule has 7 heteroatoms. The van der Waals surface area contributed by atoms with Gasteiger partial charge in [0.05, 0.1) is 0 Å². The Kier molecular flexibility index (Phi) is 14.6. The molecule has 0 spiro atoms. The Morgan fingerprint density at radius 2 is 1.50 bits per heavy atom. The predicted molar refractivity (Wildman–Crippen MR) is 120 cm³/mol. The Morgan fingerprint density at radius 1 is 0.867 bits per heavy atom. The van der Waals surface area contributed by atoms with Gasteiger partial charge in [-0.2, -0.15) is 0 Å². The molecule has 1 aromatic carbocycles. The first-order valence-electron chi connectivity index (χ1n) is 11.3. The quantitative estimate of drug-likeness (QED) is 0.150. The molecule has 0 unspecified atom stereocenters. The number of nitrogens with one attached hydrogen (secondary N) is 2. The molecule has 1 atom stereocenters. The van der Waals surface area contributed by atoms with E-state index in [-0.39, 0.29) is 5.91 Å². The highest BCUT2D eigenvalue weighted by atomic mass is 16.5. The first kappa shape index (κ1) is 26.1. The number of aryl methyl sites for hydroxylation is 1. The fraction of sp³-hybridized carbons (Fsp3) is 0.652. The van der Waals surface area contributed by atoms with Crippen LogP contribution in [0.5, 0.6) is 0 Å². The fourth-order valence-corrected chi connectivity index (χ4v) is 3.59. The molecule has 2 amide bonds. The molecule has 7 N–H and O–H groups in total. The lowest BCUT2D eigenvalue weighted by Gasteiger charge is -2.16. The van der Waals surface area contributed by atoms with Crippen LogP contribution < -0.4 is 22.3 Å². The first-order chi connectivity index (χ1) is 14.6. The second kappa shape index (κ2) is 16.8. The Morgan fingerprint density at radius 3 is 2.13 bits per heavy atom. The van der Waals surface area contributed by atoms with Crippen LogP contribution in [0.1, 0.15) is 81.8 Å². The minimum Gasteiger partial charge on any atom is -0.344 e. The molecule has 0 aromatic heterocycles. The smallest absolute Gasteiger partial charge is 0.265 e. The molecule has 0 fully saturated rings. The third-order valence-corrected chi connectivity index (χ3v) is 5.40. The standard InChI is InChI=1S/C23H40N4O3/c24-17-11-10-15-21(23(29)27-30)26-22(28)16-7-5-3-1-2-4-6-12-19-13-8-9-14-20(19)18-25/h8-9,13-14,21,30H,1-7,10-12,15-18,24-25H2,(H,26,28)(H,27,29)/t21-/m1/s1. The van der Waals surface area contributed by atoms with Crippen LogP contribution in [-0.2, 0) is 22.6 Å². The van der Waals surface area contributed by atoms with Crippen molar-refractivity contribution in [3.05, 3.63) is 35.4 Å². The summed E-state index contributed by atoms with van der Waals surface area (Å²) in [5.41, 5.74) is 15.5. The molecule has 1 rings (SSSR count). The van der Waals surface area contributed by atoms with Crippen LogP contribution in [0.15, 0.2) is 24.3 Å². The van der Waals surface area contributed by atoms with Gasteiger partial charge in [0.2, 0.25) is 5.91 Å². The predicted octanol–water partition coefficient (Wildman–Crippen LogP) is 2.93. The van der Waals surface area contributed by atoms with E-state index in [1.807, 2.05) is 6.07 Å². The van der Waals surface area contributed by atoms with Crippen LogP contribution in [0.2, 0.25) is 0 Å². The van der Waals surface area contributed by atoms with E-state index in [2.05, 4.69) is 23.5 Å². The summed E-state index contributed by atoms with van der Waals surface area (Å²) in [6.45, 7) is 1.14. The minimum absolute atomic E-state index is 0.144. The third kappa shape index (κ3) is 11.3. The SMILES string of the molecule is NCCCC[C@@H](NC(=O)CCCCCCCCCc1ccccc1CN)C(=O)NO. The number of carbonyl (C=O) groups excluding carboxylic acids is 2. The van der Waals surface area contributed by atoms with E-state index in [9.17, 15) is 9.59 Å². The fourth-order valence-electron chi connectivity index (χ4n) is 3.59. The lowest BCUT2D eigenvalue weighted by Crippen LogP contribution is -2.45. The Hall–Kier alpha value is -1.96. The van der Waals surface area contributed by atoms with Crippen LogP contribution in [0, 0.1) is 0 Å². The van der Waals surface area contributed by atoms with Crippen LogP contribution in [0.3, 0.4) is 0 Å². The molecule has 0 radical (unpaired) electrons. The van der Waals surface area contributed by atoms with Gasteiger partial charge in [-0.1, -0.05) is 56.4 Å². The Bertz CT molecular complexity index is 610. The molecule has 30 heavy (non-hydrogen) atoms. The zero-order chi connectivity index (χ0) is 22.0. The molecule has 1 aromatic rings. The van der Waals surface area contributed by atoms with Crippen molar-refractivity contribution >= 4 is 11.8 Å². The van der Waals surface area contributed by atoms with Crippen molar-refractivity contribution in [3.63, 3.8) is 0 Å². The molecule has 0 heterocycles. The van der Waals surface area contributed by atoms with Crippen molar-refractivity contribution in [2.75, 3.05) is 6.54 Å². The van der Waals surface area contributed by atoms with E-state index >= 15 is 0 Å². The van der Waals surface area contributed by atoms with Crippen molar-refractivity contribution in [2.24, 2.45) is 11.5 Å². The summed E-state index contributed by atoms with van der Waals surface area (Å²) in [5.74, 6) is -0.718. The van der Waals surface area contributed by atoms with Gasteiger partial charge in [-0.3, -0.25) is 14.8 Å². The normalized spacial score (nSPS) is 11.8. The van der Waals surface area contributed by atoms with Gasteiger partial charge in [0.1, 0.15) is 6.04 Å². The molecule has 0 aliphatic heterocycles. The first-order valence-corrected chi connectivity index (χ1v) is 11.3. The van der Waals surface area contributed by atoms with Crippen molar-refractivity contribution in [3.8, 4) is 0 Å². The summed E-state index contributed by atoms with van der Waals surface area (Å²) in [5, 5.41) is 11.5. The van der Waals surface area contributed by atoms with E-state index in [1.54, 1.807) is 5.48 Å². The number of amides is 2. The van der Waals surface area contributed by atoms with E-state index in [4.69, 9.17) is 16.7 Å². The van der Waals surface area contributed by atoms with E-state index in [1.165, 1.54) is 36.8 Å². The number of hydroxylamine groups is 1. The summed E-state index contributed by atoms with van der Waals surface area (Å²) < 4.78 is 0. The lowest BCUT2D eigenvalue weighted by molar-refractivity contribution is -0.135. The number of carbonyl (C=O) groups is 2. The van der Waals surface area contributed by atoms with Gasteiger partial charge in [-0.15, -0.1) is 0 Å². The van der Waals surface area contributed by atoms with E-state index < -0.39 is 11.9 Å². The topological polar surface area (TPSA) is 130 Å². The number of nitrogens with two attached hydrogens (primary N) is 2. The Labute approximate surface area is 180 Å². The van der Waals surface area contributed by atoms with Crippen molar-refractivity contribution in [2.45, 2.75) is 89.6 Å². The van der Waals surface area contributed by atoms with Crippen molar-refractivity contribution in [1.82, 2.24) is 10.8 Å². The lowest BCUT2D eigenvalue weighted by atomic mass is 10.0. The maximum absolute atomic E-state index is 12.1. The molecule has 7 nitrogen and oxygen atoms in total. The molecule has 0 aliphatic rings. The zero-order valence-electron chi connectivity index (χ0n) is 18.2. The molecular weight excluding hydrogens is 380 g/mol. The monoisotopic (exact) mass is 420 g/mol. The number of unbranched alkanes of at least 4 members (excludes halogenated alkanes) is 7. The Balaban J connectivity index is 2.08. The number of rotatable bonds is 17. The number of hydrogen-bond donors (Lipinski definition) is 5. The summed E-state index contributed by atoms with van der Waals surface area (Å²) in [4.78, 5) is 23.7. The highest BCUT2D eigenvalue weighted by Gasteiger charge is 2.19. The van der Waals surface area contributed by atoms with Crippen LogP contribution in [0.25, 0.3) is 0 Å². The van der Waals surface area contributed by atoms with Crippen molar-refractivity contribution in [1.29, 1.82) is 0 Å². The van der Waals surface area contributed by atoms with Crippen LogP contribution in [-0.4, -0.2) is 29.6 Å². The van der Waals surface area contributed by atoms with Gasteiger partial charge in [-0.05, 0) is 56.2 Å². The molecule has 170 valence electrons. The van der Waals surface area contributed by atoms with Gasteiger partial charge in [0.25, 0.3) is 5.91 Å². The van der Waals surface area contributed by atoms with Gasteiger partial charge in [0, 0.05) is 13.0 Å². The van der Waals surface area contributed by atoms with Gasteiger partial charge in [0.15, 0.2) is 0 Å². The van der Waals surface area contributed by atoms with Gasteiger partial charge >= 0.3 is 0 Å². The average Bonchev–Trinajstić information content (AvgIpc) is 2.77. The summed E-state index contributed by atoms with van der Waals surface area (Å²) in [6, 6.07) is 7.68. The maximum Gasteiger partial charge on any atom is 0.265 e. The summed E-state index contributed by atoms with van der Waals surface area (Å²) >= 11 is 0. The van der Waals surface area contributed by atoms with E-state index in [0.717, 1.165) is 38.5 Å². The molecular formula is C23H40N4O3. The molecule has 0 saturated carbocycles. The molecule has 0 aliphatic carbocycles. The van der Waals surface area contributed by atoms with E-state index in [0.29, 0.717) is 25.9 Å². The molecule has 0 bridgehead atoms. The summed E-state index contributed by atoms with van der Waals surface area (Å²) in [7, 11) is 0. The number of hydrogen-bond acceptors (Lipinski definition) is 5. The highest BCUT2D eigenvalue weighted by molar-refractivity contribution is 5.86. The second-order valence-electron chi connectivity index (χ2n) is 7.83. The summed E-state index contributed by atoms with van der Waals surface area (Å²) in [6.07, 6.45) is 11.2. The van der Waals surface area contributed by atoms with Gasteiger partial charge in [-0.25, -0.2) is 5.48 Å². The third-order valence-electron chi connectivity index (χ3n) is 5.40. The van der Waals surface area contributed by atoms with Crippen LogP contribution >= 0.6 is 0 Å².